The standard InChI is InChI=1S/C24H31F2N5O5/c1-13(27)20-19(22(32)31-9-8-16(11-31)28-24(33)30(2)3)29-21(36-20)15-6-7-17(35-23(25)26)18(10-15)34-12-14-4-5-14/h6-7,10,13-14,16,23H,4-5,8-9,11-12,27H2,1-3H3,(H,28,33)/t13-,16?/m0/s1. The number of nitrogens with one attached hydrogen (secondary N) is 1. The molecule has 2 atom stereocenters. The van der Waals surface area contributed by atoms with Crippen molar-refractivity contribution in [2.24, 2.45) is 11.7 Å². The van der Waals surface area contributed by atoms with E-state index in [4.69, 9.17) is 14.9 Å². The van der Waals surface area contributed by atoms with Gasteiger partial charge in [-0.2, -0.15) is 8.78 Å². The molecule has 1 aromatic heterocycles. The Balaban J connectivity index is 1.56. The maximum absolute atomic E-state index is 13.3. The van der Waals surface area contributed by atoms with Crippen molar-refractivity contribution in [1.82, 2.24) is 20.1 Å². The first-order chi connectivity index (χ1) is 17.1. The lowest BCUT2D eigenvalue weighted by molar-refractivity contribution is -0.0515. The zero-order valence-electron chi connectivity index (χ0n) is 20.5. The van der Waals surface area contributed by atoms with E-state index in [0.29, 0.717) is 37.6 Å². The van der Waals surface area contributed by atoms with Gasteiger partial charge in [0.05, 0.1) is 12.6 Å². The van der Waals surface area contributed by atoms with Crippen molar-refractivity contribution in [3.63, 3.8) is 0 Å². The normalized spacial score (nSPS) is 18.3. The summed E-state index contributed by atoms with van der Waals surface area (Å²) in [6, 6.07) is 3.35. The molecule has 2 aromatic rings. The third-order valence-corrected chi connectivity index (χ3v) is 6.06. The number of hydrogen-bond acceptors (Lipinski definition) is 7. The molecule has 1 saturated heterocycles. The first kappa shape index (κ1) is 25.7. The molecule has 1 aliphatic carbocycles. The summed E-state index contributed by atoms with van der Waals surface area (Å²) in [5.74, 6) is 0.420. The summed E-state index contributed by atoms with van der Waals surface area (Å²) < 4.78 is 41.9. The number of alkyl halides is 2. The van der Waals surface area contributed by atoms with Crippen molar-refractivity contribution >= 4 is 11.9 Å². The number of urea groups is 1. The molecule has 0 spiro atoms. The highest BCUT2D eigenvalue weighted by molar-refractivity contribution is 5.94. The third kappa shape index (κ3) is 6.04. The lowest BCUT2D eigenvalue weighted by Crippen LogP contribution is -2.43. The number of oxazole rings is 1. The Bertz CT molecular complexity index is 1100. The summed E-state index contributed by atoms with van der Waals surface area (Å²) in [7, 11) is 3.29. The summed E-state index contributed by atoms with van der Waals surface area (Å²) in [6.45, 7) is -0.158. The summed E-state index contributed by atoms with van der Waals surface area (Å²) in [5.41, 5.74) is 6.58. The lowest BCUT2D eigenvalue weighted by atomic mass is 10.2. The van der Waals surface area contributed by atoms with Crippen LogP contribution in [0.15, 0.2) is 22.6 Å². The fraction of sp³-hybridized carbons (Fsp3) is 0.542. The zero-order valence-corrected chi connectivity index (χ0v) is 20.5. The molecule has 3 N–H and O–H groups in total. The van der Waals surface area contributed by atoms with Gasteiger partial charge in [0, 0.05) is 38.8 Å². The van der Waals surface area contributed by atoms with E-state index < -0.39 is 12.7 Å². The molecule has 1 saturated carbocycles. The number of amides is 3. The van der Waals surface area contributed by atoms with E-state index in [9.17, 15) is 18.4 Å². The lowest BCUT2D eigenvalue weighted by Gasteiger charge is -2.18. The molecule has 0 bridgehead atoms. The van der Waals surface area contributed by atoms with Crippen LogP contribution in [-0.4, -0.2) is 73.2 Å². The van der Waals surface area contributed by atoms with Gasteiger partial charge in [-0.05, 0) is 50.3 Å². The maximum Gasteiger partial charge on any atom is 0.387 e. The van der Waals surface area contributed by atoms with Crippen LogP contribution in [0.3, 0.4) is 0 Å². The SMILES string of the molecule is C[C@H](N)c1oc(-c2ccc(OC(F)F)c(OCC3CC3)c2)nc1C(=O)N1CCC(NC(=O)N(C)C)C1. The topological polar surface area (TPSA) is 123 Å². The van der Waals surface area contributed by atoms with Crippen LogP contribution >= 0.6 is 0 Å². The van der Waals surface area contributed by atoms with Crippen LogP contribution in [0.5, 0.6) is 11.5 Å². The highest BCUT2D eigenvalue weighted by Crippen LogP contribution is 2.37. The molecule has 2 aliphatic rings. The molecule has 1 aromatic carbocycles. The number of nitrogens with two attached hydrogens (primary N) is 1. The number of aromatic nitrogens is 1. The molecule has 3 amide bonds. The van der Waals surface area contributed by atoms with Gasteiger partial charge in [0.1, 0.15) is 0 Å². The fourth-order valence-electron chi connectivity index (χ4n) is 3.87. The van der Waals surface area contributed by atoms with Gasteiger partial charge < -0.3 is 34.7 Å². The number of ether oxygens (including phenoxy) is 2. The van der Waals surface area contributed by atoms with Crippen LogP contribution in [0.25, 0.3) is 11.5 Å². The molecule has 0 radical (unpaired) electrons. The second kappa shape index (κ2) is 10.7. The Morgan fingerprint density at radius 2 is 2.03 bits per heavy atom. The van der Waals surface area contributed by atoms with E-state index in [1.165, 1.54) is 23.1 Å². The minimum atomic E-state index is -3.00. The van der Waals surface area contributed by atoms with Gasteiger partial charge in [-0.1, -0.05) is 0 Å². The van der Waals surface area contributed by atoms with Gasteiger partial charge >= 0.3 is 12.6 Å². The predicted molar refractivity (Wildman–Crippen MR) is 126 cm³/mol. The monoisotopic (exact) mass is 507 g/mol. The highest BCUT2D eigenvalue weighted by atomic mass is 19.3. The number of carbonyl (C=O) groups excluding carboxylic acids is 2. The summed E-state index contributed by atoms with van der Waals surface area (Å²) >= 11 is 0. The van der Waals surface area contributed by atoms with Crippen LogP contribution in [0.1, 0.15) is 48.5 Å². The number of nitrogens with zero attached hydrogens (tertiary/aromatic N) is 3. The molecule has 1 aliphatic heterocycles. The molecule has 196 valence electrons. The van der Waals surface area contributed by atoms with Crippen molar-refractivity contribution in [3.05, 3.63) is 29.7 Å². The maximum atomic E-state index is 13.3. The molecular formula is C24H31F2N5O5. The molecule has 10 nitrogen and oxygen atoms in total. The molecule has 12 heteroatoms. The van der Waals surface area contributed by atoms with E-state index in [2.05, 4.69) is 15.0 Å². The smallest absolute Gasteiger partial charge is 0.387 e. The van der Waals surface area contributed by atoms with Crippen LogP contribution in [0.2, 0.25) is 0 Å². The molecule has 36 heavy (non-hydrogen) atoms. The molecule has 2 fully saturated rings. The second-order valence-electron chi connectivity index (χ2n) is 9.40. The Morgan fingerprint density at radius 1 is 1.28 bits per heavy atom. The largest absolute Gasteiger partial charge is 0.489 e. The number of rotatable bonds is 9. The van der Waals surface area contributed by atoms with Crippen LogP contribution in [0, 0.1) is 5.92 Å². The average Bonchev–Trinajstić information content (AvgIpc) is 3.35. The van der Waals surface area contributed by atoms with Crippen molar-refractivity contribution in [1.29, 1.82) is 0 Å². The van der Waals surface area contributed by atoms with Crippen molar-refractivity contribution < 1.29 is 32.3 Å². The van der Waals surface area contributed by atoms with Crippen molar-refractivity contribution in [2.75, 3.05) is 33.8 Å². The summed E-state index contributed by atoms with van der Waals surface area (Å²) in [6.07, 6.45) is 2.67. The minimum absolute atomic E-state index is 0.0768. The molecule has 4 rings (SSSR count). The minimum Gasteiger partial charge on any atom is -0.489 e. The predicted octanol–water partition coefficient (Wildman–Crippen LogP) is 3.24. The number of halogens is 2. The Labute approximate surface area is 207 Å². The number of likely N-dealkylation sites (tertiary alicyclic amines) is 1. The Morgan fingerprint density at radius 3 is 2.67 bits per heavy atom. The van der Waals surface area contributed by atoms with Crippen LogP contribution in [0.4, 0.5) is 13.6 Å². The molecule has 2 heterocycles. The summed E-state index contributed by atoms with van der Waals surface area (Å²) in [4.78, 5) is 32.7. The quantitative estimate of drug-likeness (QED) is 0.534. The van der Waals surface area contributed by atoms with Crippen LogP contribution < -0.4 is 20.5 Å². The first-order valence-electron chi connectivity index (χ1n) is 11.9. The van der Waals surface area contributed by atoms with E-state index >= 15 is 0 Å². The van der Waals surface area contributed by atoms with E-state index in [-0.39, 0.29) is 46.8 Å². The van der Waals surface area contributed by atoms with Gasteiger partial charge in [-0.15, -0.1) is 0 Å². The van der Waals surface area contributed by atoms with E-state index in [1.807, 2.05) is 0 Å². The Kier molecular flexibility index (Phi) is 7.62. The van der Waals surface area contributed by atoms with Crippen molar-refractivity contribution in [2.45, 2.75) is 44.9 Å². The molecule has 1 unspecified atom stereocenters. The fourth-order valence-corrected chi connectivity index (χ4v) is 3.87. The Hall–Kier alpha value is -3.41. The second-order valence-corrected chi connectivity index (χ2v) is 9.40. The third-order valence-electron chi connectivity index (χ3n) is 6.06. The number of carbonyl (C=O) groups is 2. The van der Waals surface area contributed by atoms with E-state index in [0.717, 1.165) is 12.8 Å². The molecular weight excluding hydrogens is 476 g/mol. The van der Waals surface area contributed by atoms with Gasteiger partial charge in [-0.25, -0.2) is 9.78 Å². The van der Waals surface area contributed by atoms with Gasteiger partial charge in [0.25, 0.3) is 5.91 Å². The average molecular weight is 508 g/mol. The number of benzene rings is 1. The van der Waals surface area contributed by atoms with Gasteiger partial charge in [0.2, 0.25) is 5.89 Å². The summed E-state index contributed by atoms with van der Waals surface area (Å²) in [5, 5.41) is 2.88. The highest BCUT2D eigenvalue weighted by Gasteiger charge is 2.33. The van der Waals surface area contributed by atoms with Gasteiger partial charge in [-0.3, -0.25) is 4.79 Å². The van der Waals surface area contributed by atoms with Crippen molar-refractivity contribution in [3.8, 4) is 23.0 Å². The first-order valence-corrected chi connectivity index (χ1v) is 11.9. The number of hydrogen-bond donors (Lipinski definition) is 2. The van der Waals surface area contributed by atoms with E-state index in [1.54, 1.807) is 25.9 Å². The zero-order chi connectivity index (χ0) is 26.0. The van der Waals surface area contributed by atoms with Gasteiger partial charge in [0.15, 0.2) is 23.0 Å². The van der Waals surface area contributed by atoms with Crippen LogP contribution in [-0.2, 0) is 0 Å².